The summed E-state index contributed by atoms with van der Waals surface area (Å²) in [6, 6.07) is 8.11. The highest BCUT2D eigenvalue weighted by Crippen LogP contribution is 2.19. The number of nitrogens with two attached hydrogens (primary N) is 1. The quantitative estimate of drug-likeness (QED) is 0.690. The Morgan fingerprint density at radius 3 is 2.63 bits per heavy atom. The van der Waals surface area contributed by atoms with Gasteiger partial charge in [-0.1, -0.05) is 23.7 Å². The third kappa shape index (κ3) is 3.09. The minimum Gasteiger partial charge on any atom is -0.399 e. The number of benzene rings is 2. The first-order chi connectivity index (χ1) is 8.97. The maximum Gasteiger partial charge on any atom is 0.167 e. The Kier molecular flexibility index (Phi) is 3.81. The summed E-state index contributed by atoms with van der Waals surface area (Å²) in [6.07, 6.45) is -0.247. The first-order valence-electron chi connectivity index (χ1n) is 5.49. The van der Waals surface area contributed by atoms with Gasteiger partial charge in [-0.05, 0) is 29.8 Å². The summed E-state index contributed by atoms with van der Waals surface area (Å²) in [6.45, 7) is 0. The zero-order valence-corrected chi connectivity index (χ0v) is 10.5. The predicted octanol–water partition coefficient (Wildman–Crippen LogP) is 3.63. The fourth-order valence-electron chi connectivity index (χ4n) is 1.73. The molecule has 2 aromatic carbocycles. The molecule has 2 aromatic rings. The second-order valence-corrected chi connectivity index (χ2v) is 4.52. The highest BCUT2D eigenvalue weighted by Gasteiger charge is 2.14. The molecule has 0 aromatic heterocycles. The van der Waals surface area contributed by atoms with E-state index in [0.29, 0.717) is 10.7 Å². The van der Waals surface area contributed by atoms with E-state index in [4.69, 9.17) is 17.3 Å². The molecule has 0 aliphatic carbocycles. The number of hydrogen-bond acceptors (Lipinski definition) is 2. The molecule has 19 heavy (non-hydrogen) atoms. The first-order valence-corrected chi connectivity index (χ1v) is 5.87. The minimum absolute atomic E-state index is 0.00328. The van der Waals surface area contributed by atoms with E-state index >= 15 is 0 Å². The number of ketones is 1. The van der Waals surface area contributed by atoms with E-state index in [1.54, 1.807) is 0 Å². The van der Waals surface area contributed by atoms with E-state index < -0.39 is 11.6 Å². The minimum atomic E-state index is -1.01. The van der Waals surface area contributed by atoms with Crippen LogP contribution in [0.4, 0.5) is 14.5 Å². The summed E-state index contributed by atoms with van der Waals surface area (Å²) in [7, 11) is 0. The molecule has 0 amide bonds. The van der Waals surface area contributed by atoms with Crippen molar-refractivity contribution in [1.29, 1.82) is 0 Å². The van der Waals surface area contributed by atoms with Crippen molar-refractivity contribution in [1.82, 2.24) is 0 Å². The van der Waals surface area contributed by atoms with Gasteiger partial charge in [-0.15, -0.1) is 0 Å². The lowest BCUT2D eigenvalue weighted by Crippen LogP contribution is -2.07. The van der Waals surface area contributed by atoms with Gasteiger partial charge in [0.15, 0.2) is 17.4 Å². The molecule has 0 spiro atoms. The molecule has 0 radical (unpaired) electrons. The summed E-state index contributed by atoms with van der Waals surface area (Å²) < 4.78 is 26.5. The van der Waals surface area contributed by atoms with Gasteiger partial charge < -0.3 is 5.73 Å². The number of carbonyl (C=O) groups is 1. The summed E-state index contributed by atoms with van der Waals surface area (Å²) in [4.78, 5) is 12.0. The van der Waals surface area contributed by atoms with Crippen LogP contribution in [0.5, 0.6) is 0 Å². The monoisotopic (exact) mass is 281 g/mol. The van der Waals surface area contributed by atoms with Crippen LogP contribution in [0, 0.1) is 11.6 Å². The average molecular weight is 282 g/mol. The predicted molar refractivity (Wildman–Crippen MR) is 70.3 cm³/mol. The van der Waals surface area contributed by atoms with Crippen molar-refractivity contribution >= 4 is 23.1 Å². The van der Waals surface area contributed by atoms with Gasteiger partial charge in [-0.3, -0.25) is 4.79 Å². The van der Waals surface area contributed by atoms with E-state index in [0.717, 1.165) is 6.07 Å². The normalized spacial score (nSPS) is 10.5. The van der Waals surface area contributed by atoms with Gasteiger partial charge in [0.25, 0.3) is 0 Å². The fraction of sp³-hybridized carbons (Fsp3) is 0.0714. The summed E-state index contributed by atoms with van der Waals surface area (Å²) in [5, 5.41) is 0.322. The first kappa shape index (κ1) is 13.5. The SMILES string of the molecule is Nc1cc(Cl)cc(C(=O)Cc2cccc(F)c2F)c1. The van der Waals surface area contributed by atoms with Crippen LogP contribution in [-0.2, 0) is 6.42 Å². The molecule has 98 valence electrons. The number of hydrogen-bond donors (Lipinski definition) is 1. The highest BCUT2D eigenvalue weighted by atomic mass is 35.5. The van der Waals surface area contributed by atoms with Crippen LogP contribution < -0.4 is 5.73 Å². The van der Waals surface area contributed by atoms with Gasteiger partial charge in [0.2, 0.25) is 0 Å². The maximum absolute atomic E-state index is 13.5. The standard InChI is InChI=1S/C14H10ClF2NO/c15-10-4-9(5-11(18)7-10)13(19)6-8-2-1-3-12(16)14(8)17/h1-5,7H,6,18H2. The van der Waals surface area contributed by atoms with Crippen LogP contribution in [-0.4, -0.2) is 5.78 Å². The van der Waals surface area contributed by atoms with Crippen molar-refractivity contribution in [3.63, 3.8) is 0 Å². The van der Waals surface area contributed by atoms with E-state index in [1.807, 2.05) is 0 Å². The summed E-state index contributed by atoms with van der Waals surface area (Å²) >= 11 is 5.79. The van der Waals surface area contributed by atoms with E-state index in [9.17, 15) is 13.6 Å². The lowest BCUT2D eigenvalue weighted by molar-refractivity contribution is 0.0991. The Labute approximate surface area is 113 Å². The summed E-state index contributed by atoms with van der Waals surface area (Å²) in [5.41, 5.74) is 6.19. The molecule has 0 heterocycles. The molecule has 0 fully saturated rings. The van der Waals surface area contributed by atoms with E-state index in [1.165, 1.54) is 30.3 Å². The maximum atomic E-state index is 13.5. The van der Waals surface area contributed by atoms with Crippen molar-refractivity contribution in [2.24, 2.45) is 0 Å². The van der Waals surface area contributed by atoms with Crippen molar-refractivity contribution in [3.8, 4) is 0 Å². The molecule has 2 rings (SSSR count). The molecular formula is C14H10ClF2NO. The molecule has 0 unspecified atom stereocenters. The van der Waals surface area contributed by atoms with Crippen LogP contribution in [0.15, 0.2) is 36.4 Å². The zero-order chi connectivity index (χ0) is 14.0. The lowest BCUT2D eigenvalue weighted by atomic mass is 10.0. The van der Waals surface area contributed by atoms with Crippen molar-refractivity contribution < 1.29 is 13.6 Å². The van der Waals surface area contributed by atoms with Crippen LogP contribution in [0.1, 0.15) is 15.9 Å². The average Bonchev–Trinajstić information content (AvgIpc) is 2.33. The van der Waals surface area contributed by atoms with Crippen LogP contribution >= 0.6 is 11.6 Å². The number of carbonyl (C=O) groups excluding carboxylic acids is 1. The Balaban J connectivity index is 2.28. The smallest absolute Gasteiger partial charge is 0.167 e. The molecule has 0 aliphatic rings. The second kappa shape index (κ2) is 5.36. The van der Waals surface area contributed by atoms with Crippen LogP contribution in [0.2, 0.25) is 5.02 Å². The van der Waals surface area contributed by atoms with Crippen molar-refractivity contribution in [3.05, 3.63) is 64.2 Å². The third-order valence-corrected chi connectivity index (χ3v) is 2.84. The topological polar surface area (TPSA) is 43.1 Å². The number of halogens is 3. The molecular weight excluding hydrogens is 272 g/mol. The number of Topliss-reactive ketones (excluding diaryl/α,β-unsaturated/α-hetero) is 1. The molecule has 0 bridgehead atoms. The largest absolute Gasteiger partial charge is 0.399 e. The van der Waals surface area contributed by atoms with Gasteiger partial charge in [0.05, 0.1) is 0 Å². The van der Waals surface area contributed by atoms with Crippen LogP contribution in [0.25, 0.3) is 0 Å². The molecule has 0 aliphatic heterocycles. The Morgan fingerprint density at radius 1 is 1.21 bits per heavy atom. The van der Waals surface area contributed by atoms with Crippen molar-refractivity contribution in [2.75, 3.05) is 5.73 Å². The Morgan fingerprint density at radius 2 is 1.95 bits per heavy atom. The van der Waals surface area contributed by atoms with E-state index in [-0.39, 0.29) is 23.3 Å². The second-order valence-electron chi connectivity index (χ2n) is 4.09. The molecule has 2 N–H and O–H groups in total. The highest BCUT2D eigenvalue weighted by molar-refractivity contribution is 6.31. The zero-order valence-electron chi connectivity index (χ0n) is 9.79. The fourth-order valence-corrected chi connectivity index (χ4v) is 1.98. The molecule has 0 saturated heterocycles. The Bertz CT molecular complexity index is 623. The van der Waals surface area contributed by atoms with Gasteiger partial charge >= 0.3 is 0 Å². The van der Waals surface area contributed by atoms with Crippen LogP contribution in [0.3, 0.4) is 0 Å². The van der Waals surface area contributed by atoms with Crippen molar-refractivity contribution in [2.45, 2.75) is 6.42 Å². The van der Waals surface area contributed by atoms with Gasteiger partial charge in [-0.2, -0.15) is 0 Å². The van der Waals surface area contributed by atoms with E-state index in [2.05, 4.69) is 0 Å². The van der Waals surface area contributed by atoms with Gasteiger partial charge in [0.1, 0.15) is 0 Å². The number of anilines is 1. The van der Waals surface area contributed by atoms with Gasteiger partial charge in [-0.25, -0.2) is 8.78 Å². The number of rotatable bonds is 3. The molecule has 5 heteroatoms. The number of nitrogen functional groups attached to an aromatic ring is 1. The lowest BCUT2D eigenvalue weighted by Gasteiger charge is -2.05. The summed E-state index contributed by atoms with van der Waals surface area (Å²) in [5.74, 6) is -2.36. The molecule has 0 saturated carbocycles. The molecule has 2 nitrogen and oxygen atoms in total. The molecule has 0 atom stereocenters. The van der Waals surface area contributed by atoms with Gasteiger partial charge in [0, 0.05) is 22.7 Å². The Hall–Kier alpha value is -1.94. The third-order valence-electron chi connectivity index (χ3n) is 2.62.